The summed E-state index contributed by atoms with van der Waals surface area (Å²) >= 11 is 3.32. The van der Waals surface area contributed by atoms with Crippen LogP contribution in [0.3, 0.4) is 0 Å². The van der Waals surface area contributed by atoms with E-state index in [2.05, 4.69) is 75.6 Å². The fraction of sp³-hybridized carbons (Fsp3) is 0.462. The average Bonchev–Trinajstić information content (AvgIpc) is 3.26. The van der Waals surface area contributed by atoms with Gasteiger partial charge in [-0.2, -0.15) is 5.10 Å². The van der Waals surface area contributed by atoms with E-state index in [0.29, 0.717) is 29.2 Å². The minimum atomic E-state index is -4.05. The number of carbonyl (C=O) groups is 1. The number of halogens is 1. The first-order valence-corrected chi connectivity index (χ1v) is 22.9. The first kappa shape index (κ1) is 33.1. The predicted octanol–water partition coefficient (Wildman–Crippen LogP) is 5.51. The monoisotopic (exact) mass is 682 g/mol. The molecule has 0 atom stereocenters. The third-order valence-electron chi connectivity index (χ3n) is 5.87. The first-order valence-electron chi connectivity index (χ1n) is 13.3. The van der Waals surface area contributed by atoms with Crippen molar-refractivity contribution in [3.05, 3.63) is 59.1 Å². The molecule has 1 N–H and O–H groups in total. The minimum Gasteiger partial charge on any atom is -0.360 e. The molecular formula is C26H39BrN6O5SSi2. The van der Waals surface area contributed by atoms with Gasteiger partial charge in [-0.1, -0.05) is 39.3 Å². The van der Waals surface area contributed by atoms with E-state index >= 15 is 0 Å². The number of benzene rings is 1. The van der Waals surface area contributed by atoms with Crippen molar-refractivity contribution >= 4 is 59.6 Å². The summed E-state index contributed by atoms with van der Waals surface area (Å²) < 4.78 is 41.7. The minimum absolute atomic E-state index is 0.0142. The number of carbonyl (C=O) groups excluding carboxylic acids is 1. The molecule has 2 heterocycles. The summed E-state index contributed by atoms with van der Waals surface area (Å²) in [6.07, 6.45) is 2.96. The molecule has 0 fully saturated rings. The number of rotatable bonds is 15. The zero-order chi connectivity index (χ0) is 30.3. The highest BCUT2D eigenvalue weighted by Crippen LogP contribution is 2.23. The van der Waals surface area contributed by atoms with Crippen molar-refractivity contribution in [1.82, 2.24) is 19.7 Å². The van der Waals surface area contributed by atoms with Gasteiger partial charge in [-0.25, -0.2) is 27.4 Å². The van der Waals surface area contributed by atoms with Gasteiger partial charge in [0.15, 0.2) is 0 Å². The van der Waals surface area contributed by atoms with Gasteiger partial charge in [0.2, 0.25) is 5.95 Å². The fourth-order valence-electron chi connectivity index (χ4n) is 3.41. The number of hydrogen-bond donors (Lipinski definition) is 1. The van der Waals surface area contributed by atoms with Crippen molar-refractivity contribution in [2.45, 2.75) is 63.0 Å². The van der Waals surface area contributed by atoms with Crippen molar-refractivity contribution in [3.63, 3.8) is 0 Å². The molecule has 1 amide bonds. The molecule has 0 aliphatic heterocycles. The molecule has 0 unspecified atom stereocenters. The van der Waals surface area contributed by atoms with Gasteiger partial charge in [-0.05, 0) is 58.3 Å². The normalized spacial score (nSPS) is 12.4. The zero-order valence-electron chi connectivity index (χ0n) is 24.4. The van der Waals surface area contributed by atoms with Crippen LogP contribution in [0, 0.1) is 0 Å². The van der Waals surface area contributed by atoms with Gasteiger partial charge in [0.25, 0.3) is 15.9 Å². The third kappa shape index (κ3) is 10.4. The van der Waals surface area contributed by atoms with Gasteiger partial charge in [-0.15, -0.1) is 0 Å². The van der Waals surface area contributed by atoms with Crippen LogP contribution in [-0.4, -0.2) is 70.2 Å². The van der Waals surface area contributed by atoms with Crippen LogP contribution in [0.15, 0.2) is 58.3 Å². The summed E-state index contributed by atoms with van der Waals surface area (Å²) in [5.41, 5.74) is 0.732. The van der Waals surface area contributed by atoms with Crippen LogP contribution in [0.1, 0.15) is 10.5 Å². The average molecular weight is 684 g/mol. The molecule has 0 spiro atoms. The molecule has 0 bridgehead atoms. The number of hydrogen-bond acceptors (Lipinski definition) is 8. The zero-order valence-corrected chi connectivity index (χ0v) is 28.8. The van der Waals surface area contributed by atoms with Crippen molar-refractivity contribution in [2.75, 3.05) is 29.6 Å². The highest BCUT2D eigenvalue weighted by Gasteiger charge is 2.28. The van der Waals surface area contributed by atoms with Crippen molar-refractivity contribution in [3.8, 4) is 0 Å². The third-order valence-corrected chi connectivity index (χ3v) is 11.4. The number of nitrogens with zero attached hydrogens (tertiary/aromatic N) is 5. The Hall–Kier alpha value is -2.44. The second-order valence-corrected chi connectivity index (χ2v) is 25.8. The Morgan fingerprint density at radius 1 is 0.976 bits per heavy atom. The topological polar surface area (TPSA) is 129 Å². The van der Waals surface area contributed by atoms with Crippen LogP contribution in [0.25, 0.3) is 0 Å². The lowest BCUT2D eigenvalue weighted by atomic mass is 10.3. The van der Waals surface area contributed by atoms with Crippen molar-refractivity contribution in [2.24, 2.45) is 0 Å². The SMILES string of the molecule is C[Si](C)(C)CCOCN(c1ncccn1)S(=O)(=O)c1ccc(NC(=O)c2cc(Br)nn2COCC[Si](C)(C)C)cc1. The second kappa shape index (κ2) is 14.2. The lowest BCUT2D eigenvalue weighted by molar-refractivity contribution is 0.0735. The van der Waals surface area contributed by atoms with Crippen molar-refractivity contribution < 1.29 is 22.7 Å². The van der Waals surface area contributed by atoms with E-state index in [9.17, 15) is 13.2 Å². The van der Waals surface area contributed by atoms with Crippen LogP contribution >= 0.6 is 15.9 Å². The maximum Gasteiger partial charge on any atom is 0.274 e. The number of sulfonamides is 1. The molecule has 3 rings (SSSR count). The lowest BCUT2D eigenvalue weighted by Crippen LogP contribution is -2.35. The molecule has 224 valence electrons. The number of anilines is 2. The quantitative estimate of drug-likeness (QED) is 0.126. The van der Waals surface area contributed by atoms with Gasteiger partial charge in [0, 0.05) is 53.5 Å². The Balaban J connectivity index is 1.71. The van der Waals surface area contributed by atoms with Crippen LogP contribution in [0.4, 0.5) is 11.6 Å². The summed E-state index contributed by atoms with van der Waals surface area (Å²) in [6.45, 7) is 14.4. The van der Waals surface area contributed by atoms with Crippen LogP contribution < -0.4 is 9.62 Å². The highest BCUT2D eigenvalue weighted by atomic mass is 79.9. The summed E-state index contributed by atoms with van der Waals surface area (Å²) in [4.78, 5) is 21.3. The maximum absolute atomic E-state index is 13.6. The highest BCUT2D eigenvalue weighted by molar-refractivity contribution is 9.10. The molecule has 41 heavy (non-hydrogen) atoms. The van der Waals surface area contributed by atoms with Gasteiger partial charge in [0.05, 0.1) is 4.90 Å². The number of nitrogens with one attached hydrogen (secondary N) is 1. The molecule has 0 saturated heterocycles. The van der Waals surface area contributed by atoms with E-state index in [1.54, 1.807) is 12.1 Å². The first-order chi connectivity index (χ1) is 19.2. The van der Waals surface area contributed by atoms with Gasteiger partial charge < -0.3 is 14.8 Å². The number of amides is 1. The molecular weight excluding hydrogens is 644 g/mol. The van der Waals surface area contributed by atoms with Crippen LogP contribution in [0.2, 0.25) is 51.4 Å². The second-order valence-electron chi connectivity index (χ2n) is 11.9. The van der Waals surface area contributed by atoms with E-state index in [1.165, 1.54) is 41.3 Å². The fourth-order valence-corrected chi connectivity index (χ4v) is 6.59. The summed E-state index contributed by atoms with van der Waals surface area (Å²) in [6, 6.07) is 11.0. The Bertz CT molecular complexity index is 1390. The van der Waals surface area contributed by atoms with Gasteiger partial charge >= 0.3 is 0 Å². The molecule has 0 radical (unpaired) electrons. The van der Waals surface area contributed by atoms with Crippen molar-refractivity contribution in [1.29, 1.82) is 0 Å². The Morgan fingerprint density at radius 3 is 2.15 bits per heavy atom. The summed E-state index contributed by atoms with van der Waals surface area (Å²) in [7, 11) is -6.64. The molecule has 0 aliphatic carbocycles. The molecule has 3 aromatic rings. The number of aromatic nitrogens is 4. The molecule has 11 nitrogen and oxygen atoms in total. The van der Waals surface area contributed by atoms with E-state index in [4.69, 9.17) is 9.47 Å². The van der Waals surface area contributed by atoms with E-state index in [0.717, 1.165) is 16.4 Å². The molecule has 1 aromatic carbocycles. The molecule has 15 heteroatoms. The Labute approximate surface area is 252 Å². The summed E-state index contributed by atoms with van der Waals surface area (Å²) in [5, 5.41) is 7.10. The van der Waals surface area contributed by atoms with Crippen LogP contribution in [-0.2, 0) is 26.2 Å². The van der Waals surface area contributed by atoms with E-state index in [1.807, 2.05) is 0 Å². The standard InChI is InChI=1S/C26H39BrN6O5SSi2/c1-40(2,3)16-14-37-19-32-23(18-24(27)31-32)25(34)30-21-8-10-22(11-9-21)39(35,36)33(26-28-12-7-13-29-26)20-38-15-17-41(4,5)6/h7-13,18H,14-17,19-20H2,1-6H3,(H,30,34). The Kier molecular flexibility index (Phi) is 11.4. The lowest BCUT2D eigenvalue weighted by Gasteiger charge is -2.23. The van der Waals surface area contributed by atoms with Gasteiger partial charge in [0.1, 0.15) is 23.8 Å². The predicted molar refractivity (Wildman–Crippen MR) is 169 cm³/mol. The maximum atomic E-state index is 13.6. The largest absolute Gasteiger partial charge is 0.360 e. The smallest absolute Gasteiger partial charge is 0.274 e. The number of ether oxygens (including phenoxy) is 2. The Morgan fingerprint density at radius 2 is 1.56 bits per heavy atom. The molecule has 2 aromatic heterocycles. The molecule has 0 aliphatic rings. The van der Waals surface area contributed by atoms with E-state index < -0.39 is 32.1 Å². The summed E-state index contributed by atoms with van der Waals surface area (Å²) in [5.74, 6) is -0.383. The molecule has 0 saturated carbocycles. The van der Waals surface area contributed by atoms with E-state index in [-0.39, 0.29) is 24.3 Å². The van der Waals surface area contributed by atoms with Gasteiger partial charge in [-0.3, -0.25) is 4.79 Å². The van der Waals surface area contributed by atoms with Crippen LogP contribution in [0.5, 0.6) is 0 Å².